The standard InChI is InChI=1S/C11H16NS/c1-2-3-4-8-13-10-11-6-5-7-12-9-11/h6-7,9H,2-4,8,10H2,1H3. The Labute approximate surface area is 85.0 Å². The van der Waals surface area contributed by atoms with Crippen molar-refractivity contribution in [2.45, 2.75) is 31.9 Å². The zero-order valence-corrected chi connectivity index (χ0v) is 8.94. The highest BCUT2D eigenvalue weighted by atomic mass is 32.2. The summed E-state index contributed by atoms with van der Waals surface area (Å²) < 4.78 is 0. The van der Waals surface area contributed by atoms with Crippen molar-refractivity contribution in [3.8, 4) is 0 Å². The maximum Gasteiger partial charge on any atom is 0.0347 e. The van der Waals surface area contributed by atoms with Crippen LogP contribution in [0.1, 0.15) is 31.7 Å². The largest absolute Gasteiger partial charge is 0.264 e. The van der Waals surface area contributed by atoms with E-state index in [-0.39, 0.29) is 0 Å². The molecule has 0 unspecified atom stereocenters. The van der Waals surface area contributed by atoms with E-state index in [0.29, 0.717) is 0 Å². The molecule has 1 aromatic rings. The molecule has 0 spiro atoms. The number of thioether (sulfide) groups is 1. The van der Waals surface area contributed by atoms with Crippen LogP contribution >= 0.6 is 11.8 Å². The van der Waals surface area contributed by atoms with Gasteiger partial charge in [0, 0.05) is 24.2 Å². The van der Waals surface area contributed by atoms with E-state index in [1.165, 1.54) is 30.6 Å². The van der Waals surface area contributed by atoms with Crippen LogP contribution in [0.2, 0.25) is 0 Å². The molecule has 71 valence electrons. The molecule has 0 fully saturated rings. The molecule has 1 nitrogen and oxygen atoms in total. The number of aromatic nitrogens is 1. The fourth-order valence-corrected chi connectivity index (χ4v) is 2.03. The Balaban J connectivity index is 2.07. The molecule has 1 heterocycles. The van der Waals surface area contributed by atoms with E-state index in [9.17, 15) is 0 Å². The minimum atomic E-state index is 1.08. The predicted octanol–water partition coefficient (Wildman–Crippen LogP) is 3.31. The topological polar surface area (TPSA) is 12.9 Å². The SMILES string of the molecule is CCCCCSCc1c[c]cnc1. The monoisotopic (exact) mass is 194 g/mol. The van der Waals surface area contributed by atoms with Crippen LogP contribution in [0.15, 0.2) is 18.5 Å². The van der Waals surface area contributed by atoms with Gasteiger partial charge < -0.3 is 0 Å². The van der Waals surface area contributed by atoms with Crippen molar-refractivity contribution in [2.75, 3.05) is 5.75 Å². The molecule has 13 heavy (non-hydrogen) atoms. The molecular formula is C11H16NS. The average molecular weight is 194 g/mol. The van der Waals surface area contributed by atoms with Gasteiger partial charge in [-0.15, -0.1) is 0 Å². The second-order valence-corrected chi connectivity index (χ2v) is 4.16. The molecule has 2 heteroatoms. The first-order valence-corrected chi connectivity index (χ1v) is 5.96. The summed E-state index contributed by atoms with van der Waals surface area (Å²) in [6.45, 7) is 2.24. The zero-order chi connectivity index (χ0) is 9.36. The lowest BCUT2D eigenvalue weighted by molar-refractivity contribution is 0.778. The van der Waals surface area contributed by atoms with Gasteiger partial charge >= 0.3 is 0 Å². The molecule has 0 aliphatic rings. The molecule has 0 N–H and O–H groups in total. The third-order valence-corrected chi connectivity index (χ3v) is 2.93. The maximum absolute atomic E-state index is 4.03. The summed E-state index contributed by atoms with van der Waals surface area (Å²) in [5.74, 6) is 2.34. The van der Waals surface area contributed by atoms with Gasteiger partial charge in [0.15, 0.2) is 0 Å². The number of unbranched alkanes of at least 4 members (excludes halogenated alkanes) is 2. The fourth-order valence-electron chi connectivity index (χ4n) is 1.08. The summed E-state index contributed by atoms with van der Waals surface area (Å²) >= 11 is 1.99. The molecule has 0 aromatic carbocycles. The second kappa shape index (κ2) is 6.96. The van der Waals surface area contributed by atoms with Gasteiger partial charge in [0.05, 0.1) is 0 Å². The van der Waals surface area contributed by atoms with Crippen LogP contribution in [0.25, 0.3) is 0 Å². The molecule has 0 amide bonds. The third kappa shape index (κ3) is 4.94. The van der Waals surface area contributed by atoms with Crippen LogP contribution in [-0.4, -0.2) is 10.7 Å². The fraction of sp³-hybridized carbons (Fsp3) is 0.545. The van der Waals surface area contributed by atoms with E-state index in [2.05, 4.69) is 18.0 Å². The first-order valence-electron chi connectivity index (χ1n) is 4.81. The molecule has 0 aliphatic heterocycles. The minimum absolute atomic E-state index is 1.08. The Hall–Kier alpha value is -0.500. The number of hydrogen-bond donors (Lipinski definition) is 0. The predicted molar refractivity (Wildman–Crippen MR) is 58.8 cm³/mol. The molecule has 0 bridgehead atoms. The lowest BCUT2D eigenvalue weighted by Crippen LogP contribution is -1.84. The highest BCUT2D eigenvalue weighted by Crippen LogP contribution is 2.12. The van der Waals surface area contributed by atoms with Gasteiger partial charge in [0.2, 0.25) is 0 Å². The average Bonchev–Trinajstić information content (AvgIpc) is 2.19. The molecule has 1 aromatic heterocycles. The van der Waals surface area contributed by atoms with E-state index in [4.69, 9.17) is 0 Å². The van der Waals surface area contributed by atoms with Crippen molar-refractivity contribution in [1.29, 1.82) is 0 Å². The maximum atomic E-state index is 4.03. The first-order chi connectivity index (χ1) is 6.43. The molecular weight excluding hydrogens is 178 g/mol. The Morgan fingerprint density at radius 1 is 1.46 bits per heavy atom. The molecule has 0 saturated heterocycles. The van der Waals surface area contributed by atoms with Crippen LogP contribution in [0.5, 0.6) is 0 Å². The van der Waals surface area contributed by atoms with Crippen molar-refractivity contribution in [3.63, 3.8) is 0 Å². The van der Waals surface area contributed by atoms with E-state index in [0.717, 1.165) is 5.75 Å². The Kier molecular flexibility index (Phi) is 5.66. The number of hydrogen-bond acceptors (Lipinski definition) is 2. The van der Waals surface area contributed by atoms with Gasteiger partial charge in [0.25, 0.3) is 0 Å². The summed E-state index contributed by atoms with van der Waals surface area (Å²) in [7, 11) is 0. The van der Waals surface area contributed by atoms with Gasteiger partial charge in [0.1, 0.15) is 0 Å². The molecule has 0 atom stereocenters. The van der Waals surface area contributed by atoms with Gasteiger partial charge in [-0.05, 0) is 23.8 Å². The number of pyridine rings is 1. The normalized spacial score (nSPS) is 10.2. The van der Waals surface area contributed by atoms with Gasteiger partial charge in [-0.1, -0.05) is 19.8 Å². The van der Waals surface area contributed by atoms with Gasteiger partial charge in [-0.25, -0.2) is 0 Å². The lowest BCUT2D eigenvalue weighted by atomic mass is 10.3. The lowest BCUT2D eigenvalue weighted by Gasteiger charge is -2.00. The van der Waals surface area contributed by atoms with Crippen molar-refractivity contribution in [1.82, 2.24) is 4.98 Å². The van der Waals surface area contributed by atoms with Crippen molar-refractivity contribution in [2.24, 2.45) is 0 Å². The Bertz CT molecular complexity index is 211. The van der Waals surface area contributed by atoms with Crippen LogP contribution in [-0.2, 0) is 5.75 Å². The van der Waals surface area contributed by atoms with E-state index < -0.39 is 0 Å². The van der Waals surface area contributed by atoms with E-state index in [1.54, 1.807) is 6.20 Å². The molecule has 0 saturated carbocycles. The third-order valence-electron chi connectivity index (χ3n) is 1.82. The minimum Gasteiger partial charge on any atom is -0.264 e. The quantitative estimate of drug-likeness (QED) is 0.644. The van der Waals surface area contributed by atoms with Crippen LogP contribution in [0, 0.1) is 6.07 Å². The molecule has 1 radical (unpaired) electrons. The summed E-state index contributed by atoms with van der Waals surface area (Å²) in [5, 5.41) is 0. The second-order valence-electron chi connectivity index (χ2n) is 3.05. The Morgan fingerprint density at radius 3 is 3.08 bits per heavy atom. The summed E-state index contributed by atoms with van der Waals surface area (Å²) in [6.07, 6.45) is 7.62. The van der Waals surface area contributed by atoms with Crippen LogP contribution < -0.4 is 0 Å². The number of nitrogens with zero attached hydrogens (tertiary/aromatic N) is 1. The summed E-state index contributed by atoms with van der Waals surface area (Å²) in [5.41, 5.74) is 1.28. The van der Waals surface area contributed by atoms with Crippen molar-refractivity contribution in [3.05, 3.63) is 30.1 Å². The van der Waals surface area contributed by atoms with Crippen LogP contribution in [0.4, 0.5) is 0 Å². The summed E-state index contributed by atoms with van der Waals surface area (Å²) in [6, 6.07) is 5.00. The first kappa shape index (κ1) is 10.6. The Morgan fingerprint density at radius 2 is 2.38 bits per heavy atom. The van der Waals surface area contributed by atoms with Crippen molar-refractivity contribution < 1.29 is 0 Å². The highest BCUT2D eigenvalue weighted by molar-refractivity contribution is 7.98. The van der Waals surface area contributed by atoms with Gasteiger partial charge in [-0.2, -0.15) is 11.8 Å². The van der Waals surface area contributed by atoms with Crippen molar-refractivity contribution >= 4 is 11.8 Å². The van der Waals surface area contributed by atoms with E-state index in [1.807, 2.05) is 24.0 Å². The van der Waals surface area contributed by atoms with E-state index >= 15 is 0 Å². The molecule has 0 aliphatic carbocycles. The van der Waals surface area contributed by atoms with Crippen LogP contribution in [0.3, 0.4) is 0 Å². The number of rotatable bonds is 6. The zero-order valence-electron chi connectivity index (χ0n) is 8.12. The van der Waals surface area contributed by atoms with Gasteiger partial charge in [-0.3, -0.25) is 4.98 Å². The highest BCUT2D eigenvalue weighted by Gasteiger charge is 1.92. The molecule has 1 rings (SSSR count). The smallest absolute Gasteiger partial charge is 0.0347 e. The summed E-state index contributed by atoms with van der Waals surface area (Å²) in [4.78, 5) is 4.03.